The van der Waals surface area contributed by atoms with E-state index in [1.54, 1.807) is 6.92 Å². The summed E-state index contributed by atoms with van der Waals surface area (Å²) in [6, 6.07) is 4.31. The van der Waals surface area contributed by atoms with Crippen molar-refractivity contribution in [3.63, 3.8) is 0 Å². The van der Waals surface area contributed by atoms with E-state index in [-0.39, 0.29) is 11.7 Å². The van der Waals surface area contributed by atoms with Gasteiger partial charge in [-0.2, -0.15) is 5.10 Å². The van der Waals surface area contributed by atoms with Crippen LogP contribution in [0.2, 0.25) is 5.02 Å². The number of aromatic nitrogens is 2. The monoisotopic (exact) mass is 347 g/mol. The van der Waals surface area contributed by atoms with Crippen LogP contribution in [-0.4, -0.2) is 22.1 Å². The summed E-state index contributed by atoms with van der Waals surface area (Å²) in [5, 5.41) is 7.00. The fourth-order valence-corrected chi connectivity index (χ4v) is 2.09. The quantitative estimate of drug-likeness (QED) is 0.888. The number of carbonyl (C=O) groups excluding carboxylic acids is 1. The molecule has 1 aromatic heterocycles. The van der Waals surface area contributed by atoms with Crippen LogP contribution < -0.4 is 10.1 Å². The molecule has 0 fully saturated rings. The van der Waals surface area contributed by atoms with Crippen molar-refractivity contribution in [3.8, 4) is 5.75 Å². The number of rotatable bonds is 5. The topological polar surface area (TPSA) is 56.1 Å². The van der Waals surface area contributed by atoms with Crippen molar-refractivity contribution in [3.05, 3.63) is 41.7 Å². The van der Waals surface area contributed by atoms with Crippen LogP contribution in [0.25, 0.3) is 0 Å². The van der Waals surface area contributed by atoms with Crippen LogP contribution in [0, 0.1) is 0 Å². The Labute approximate surface area is 135 Å². The number of hydrogen-bond donors (Lipinski definition) is 1. The van der Waals surface area contributed by atoms with Crippen molar-refractivity contribution in [2.45, 2.75) is 25.7 Å². The first-order chi connectivity index (χ1) is 10.8. The van der Waals surface area contributed by atoms with Gasteiger partial charge in [0.2, 0.25) is 5.91 Å². The molecular formula is C14H13ClF3N3O2. The largest absolute Gasteiger partial charge is 0.573 e. The summed E-state index contributed by atoms with van der Waals surface area (Å²) in [5.41, 5.74) is 0.348. The van der Waals surface area contributed by atoms with Gasteiger partial charge in [0, 0.05) is 11.9 Å². The average Bonchev–Trinajstić information content (AvgIpc) is 2.86. The molecule has 23 heavy (non-hydrogen) atoms. The average molecular weight is 348 g/mol. The summed E-state index contributed by atoms with van der Waals surface area (Å²) < 4.78 is 41.4. The molecule has 1 unspecified atom stereocenters. The standard InChI is InChI=1S/C14H13ClF3N3O2/c1-2-12(21-8-9(15)7-19-21)13(22)20-10-3-5-11(6-4-10)23-14(16,17)18/h3-8,12H,2H2,1H3,(H,20,22). The fraction of sp³-hybridized carbons (Fsp3) is 0.286. The smallest absolute Gasteiger partial charge is 0.406 e. The highest BCUT2D eigenvalue weighted by Crippen LogP contribution is 2.24. The molecule has 0 aliphatic carbocycles. The second-order valence-electron chi connectivity index (χ2n) is 4.62. The lowest BCUT2D eigenvalue weighted by Gasteiger charge is -2.16. The Hall–Kier alpha value is -2.22. The van der Waals surface area contributed by atoms with Crippen molar-refractivity contribution < 1.29 is 22.7 Å². The number of amides is 1. The van der Waals surface area contributed by atoms with Crippen molar-refractivity contribution in [2.24, 2.45) is 0 Å². The molecule has 0 aliphatic rings. The summed E-state index contributed by atoms with van der Waals surface area (Å²) in [6.07, 6.45) is -1.34. The normalized spacial score (nSPS) is 12.7. The first-order valence-corrected chi connectivity index (χ1v) is 7.02. The number of nitrogens with one attached hydrogen (secondary N) is 1. The van der Waals surface area contributed by atoms with Crippen molar-refractivity contribution in [1.82, 2.24) is 9.78 Å². The lowest BCUT2D eigenvalue weighted by Crippen LogP contribution is -2.25. The molecule has 1 amide bonds. The maximum absolute atomic E-state index is 12.2. The van der Waals surface area contributed by atoms with Crippen LogP contribution in [0.4, 0.5) is 18.9 Å². The van der Waals surface area contributed by atoms with Gasteiger partial charge in [0.25, 0.3) is 0 Å². The molecule has 1 N–H and O–H groups in total. The molecule has 0 aliphatic heterocycles. The molecule has 2 rings (SSSR count). The molecule has 9 heteroatoms. The predicted octanol–water partition coefficient (Wildman–Crippen LogP) is 4.02. The van der Waals surface area contributed by atoms with Crippen molar-refractivity contribution in [2.75, 3.05) is 5.32 Å². The first kappa shape index (κ1) is 17.1. The molecule has 2 aromatic rings. The Bertz CT molecular complexity index is 671. The van der Waals surface area contributed by atoms with Gasteiger partial charge >= 0.3 is 6.36 Å². The molecule has 0 saturated heterocycles. The number of halogens is 4. The minimum absolute atomic E-state index is 0.348. The molecule has 5 nitrogen and oxygen atoms in total. The molecule has 0 saturated carbocycles. The van der Waals surface area contributed by atoms with E-state index < -0.39 is 12.4 Å². The third-order valence-corrected chi connectivity index (χ3v) is 3.13. The van der Waals surface area contributed by atoms with Crippen LogP contribution in [-0.2, 0) is 4.79 Å². The minimum atomic E-state index is -4.75. The second kappa shape index (κ2) is 6.91. The van der Waals surface area contributed by atoms with Gasteiger partial charge in [-0.15, -0.1) is 13.2 Å². The van der Waals surface area contributed by atoms with E-state index in [1.807, 2.05) is 0 Å². The number of benzene rings is 1. The Kier molecular flexibility index (Phi) is 5.15. The van der Waals surface area contributed by atoms with E-state index in [0.29, 0.717) is 17.1 Å². The number of alkyl halides is 3. The Balaban J connectivity index is 2.04. The van der Waals surface area contributed by atoms with Gasteiger partial charge in [0.05, 0.1) is 11.2 Å². The van der Waals surface area contributed by atoms with E-state index in [9.17, 15) is 18.0 Å². The predicted molar refractivity (Wildman–Crippen MR) is 78.3 cm³/mol. The molecule has 1 atom stereocenters. The van der Waals surface area contributed by atoms with E-state index in [4.69, 9.17) is 11.6 Å². The summed E-state index contributed by atoms with van der Waals surface area (Å²) in [7, 11) is 0. The van der Waals surface area contributed by atoms with E-state index in [0.717, 1.165) is 12.1 Å². The Morgan fingerprint density at radius 2 is 2.04 bits per heavy atom. The van der Waals surface area contributed by atoms with Gasteiger partial charge in [-0.3, -0.25) is 9.48 Å². The van der Waals surface area contributed by atoms with Gasteiger partial charge in [0.1, 0.15) is 11.8 Å². The van der Waals surface area contributed by atoms with E-state index in [2.05, 4.69) is 15.2 Å². The zero-order valence-electron chi connectivity index (χ0n) is 12.0. The number of anilines is 1. The summed E-state index contributed by atoms with van der Waals surface area (Å²) in [5.74, 6) is -0.710. The minimum Gasteiger partial charge on any atom is -0.406 e. The second-order valence-corrected chi connectivity index (χ2v) is 5.06. The van der Waals surface area contributed by atoms with Gasteiger partial charge in [-0.1, -0.05) is 18.5 Å². The van der Waals surface area contributed by atoms with Crippen molar-refractivity contribution >= 4 is 23.2 Å². The van der Waals surface area contributed by atoms with Crippen LogP contribution >= 0.6 is 11.6 Å². The van der Waals surface area contributed by atoms with Gasteiger partial charge in [-0.25, -0.2) is 0 Å². The highest BCUT2D eigenvalue weighted by atomic mass is 35.5. The lowest BCUT2D eigenvalue weighted by molar-refractivity contribution is -0.274. The third kappa shape index (κ3) is 4.88. The molecule has 0 spiro atoms. The first-order valence-electron chi connectivity index (χ1n) is 6.65. The molecule has 0 radical (unpaired) electrons. The van der Waals surface area contributed by atoms with E-state index >= 15 is 0 Å². The highest BCUT2D eigenvalue weighted by Gasteiger charge is 2.31. The van der Waals surface area contributed by atoms with Crippen LogP contribution in [0.1, 0.15) is 19.4 Å². The van der Waals surface area contributed by atoms with Crippen LogP contribution in [0.3, 0.4) is 0 Å². The number of ether oxygens (including phenoxy) is 1. The van der Waals surface area contributed by atoms with E-state index in [1.165, 1.54) is 29.2 Å². The van der Waals surface area contributed by atoms with Gasteiger partial charge < -0.3 is 10.1 Å². The molecule has 0 bridgehead atoms. The summed E-state index contributed by atoms with van der Waals surface area (Å²) in [6.45, 7) is 1.81. The number of hydrogen-bond acceptors (Lipinski definition) is 3. The molecule has 1 heterocycles. The third-order valence-electron chi connectivity index (χ3n) is 2.93. The van der Waals surface area contributed by atoms with Crippen LogP contribution in [0.15, 0.2) is 36.7 Å². The Morgan fingerprint density at radius 3 is 2.52 bits per heavy atom. The van der Waals surface area contributed by atoms with Gasteiger partial charge in [0.15, 0.2) is 0 Å². The molecular weight excluding hydrogens is 335 g/mol. The summed E-state index contributed by atoms with van der Waals surface area (Å²) >= 11 is 5.78. The Morgan fingerprint density at radius 1 is 1.39 bits per heavy atom. The molecule has 124 valence electrons. The SMILES string of the molecule is CCC(C(=O)Nc1ccc(OC(F)(F)F)cc1)n1cc(Cl)cn1. The zero-order valence-corrected chi connectivity index (χ0v) is 12.7. The fourth-order valence-electron chi connectivity index (χ4n) is 1.94. The van der Waals surface area contributed by atoms with Gasteiger partial charge in [-0.05, 0) is 30.7 Å². The maximum atomic E-state index is 12.2. The lowest BCUT2D eigenvalue weighted by atomic mass is 10.2. The molecule has 1 aromatic carbocycles. The maximum Gasteiger partial charge on any atom is 0.573 e. The highest BCUT2D eigenvalue weighted by molar-refractivity contribution is 6.30. The number of nitrogens with zero attached hydrogens (tertiary/aromatic N) is 2. The van der Waals surface area contributed by atoms with Crippen molar-refractivity contribution in [1.29, 1.82) is 0 Å². The van der Waals surface area contributed by atoms with Crippen LogP contribution in [0.5, 0.6) is 5.75 Å². The number of carbonyl (C=O) groups is 1. The summed E-state index contributed by atoms with van der Waals surface area (Å²) in [4.78, 5) is 12.2. The zero-order chi connectivity index (χ0) is 17.0.